The minimum atomic E-state index is -0.327. The Kier molecular flexibility index (Phi) is 8.67. The lowest BCUT2D eigenvalue weighted by Crippen LogP contribution is -2.49. The summed E-state index contributed by atoms with van der Waals surface area (Å²) in [4.78, 5) is 24.1. The van der Waals surface area contributed by atoms with Crippen LogP contribution in [0.25, 0.3) is 10.9 Å². The molecule has 200 valence electrons. The fourth-order valence-corrected chi connectivity index (χ4v) is 6.14. The van der Waals surface area contributed by atoms with Gasteiger partial charge in [0.25, 0.3) is 0 Å². The molecule has 8 heteroatoms. The van der Waals surface area contributed by atoms with E-state index in [0.29, 0.717) is 5.92 Å². The SMILES string of the molecule is COc1ccc2[nH]cc(C3CCN(OC(=O)NC4CCC(c5ccccc5)(N(C)C)CC4)CC3)c2c1.Cl. The first-order valence-electron chi connectivity index (χ1n) is 13.1. The van der Waals surface area contributed by atoms with E-state index in [1.807, 2.05) is 11.1 Å². The number of hydrogen-bond donors (Lipinski definition) is 2. The molecule has 3 aromatic rings. The van der Waals surface area contributed by atoms with E-state index < -0.39 is 0 Å². The van der Waals surface area contributed by atoms with Gasteiger partial charge in [-0.1, -0.05) is 30.3 Å². The zero-order valence-corrected chi connectivity index (χ0v) is 22.9. The number of carbonyl (C=O) groups is 1. The molecule has 37 heavy (non-hydrogen) atoms. The molecule has 1 aliphatic heterocycles. The molecule has 1 aliphatic carbocycles. The van der Waals surface area contributed by atoms with Crippen LogP contribution >= 0.6 is 12.4 Å². The van der Waals surface area contributed by atoms with Crippen LogP contribution in [0.4, 0.5) is 4.79 Å². The molecule has 1 amide bonds. The molecule has 0 radical (unpaired) electrons. The summed E-state index contributed by atoms with van der Waals surface area (Å²) in [6.07, 6.45) is 7.58. The number of H-pyrrole nitrogens is 1. The number of aromatic amines is 1. The maximum Gasteiger partial charge on any atom is 0.426 e. The van der Waals surface area contributed by atoms with Crippen LogP contribution in [0.5, 0.6) is 5.75 Å². The number of methoxy groups -OCH3 is 1. The summed E-state index contributed by atoms with van der Waals surface area (Å²) in [7, 11) is 6.01. The topological polar surface area (TPSA) is 69.8 Å². The van der Waals surface area contributed by atoms with E-state index in [4.69, 9.17) is 9.57 Å². The highest BCUT2D eigenvalue weighted by Crippen LogP contribution is 2.41. The Hall–Kier alpha value is -2.74. The first-order valence-corrected chi connectivity index (χ1v) is 13.1. The van der Waals surface area contributed by atoms with E-state index in [-0.39, 0.29) is 30.1 Å². The maximum absolute atomic E-state index is 12.7. The molecule has 2 N–H and O–H groups in total. The van der Waals surface area contributed by atoms with Crippen molar-refractivity contribution in [3.63, 3.8) is 0 Å². The number of hydroxylamine groups is 2. The fourth-order valence-electron chi connectivity index (χ4n) is 6.14. The van der Waals surface area contributed by atoms with Crippen molar-refractivity contribution in [2.45, 2.75) is 56.0 Å². The molecule has 0 atom stereocenters. The van der Waals surface area contributed by atoms with Gasteiger partial charge >= 0.3 is 6.09 Å². The molecule has 1 saturated carbocycles. The van der Waals surface area contributed by atoms with Crippen molar-refractivity contribution in [2.75, 3.05) is 34.3 Å². The van der Waals surface area contributed by atoms with E-state index in [1.54, 1.807) is 7.11 Å². The highest BCUT2D eigenvalue weighted by Gasteiger charge is 2.39. The lowest BCUT2D eigenvalue weighted by atomic mass is 9.74. The summed E-state index contributed by atoms with van der Waals surface area (Å²) in [6.45, 7) is 1.47. The maximum atomic E-state index is 12.7. The average Bonchev–Trinajstić information content (AvgIpc) is 3.33. The minimum absolute atomic E-state index is 0. The van der Waals surface area contributed by atoms with Crippen LogP contribution < -0.4 is 10.1 Å². The number of rotatable bonds is 6. The van der Waals surface area contributed by atoms with Gasteiger partial charge in [-0.2, -0.15) is 0 Å². The molecular formula is C29H39ClN4O3. The van der Waals surface area contributed by atoms with Gasteiger partial charge in [0.05, 0.1) is 7.11 Å². The Labute approximate surface area is 225 Å². The first-order chi connectivity index (χ1) is 17.5. The van der Waals surface area contributed by atoms with Crippen LogP contribution in [-0.2, 0) is 10.4 Å². The Morgan fingerprint density at radius 1 is 1.05 bits per heavy atom. The summed E-state index contributed by atoms with van der Waals surface area (Å²) in [6, 6.07) is 17.0. The summed E-state index contributed by atoms with van der Waals surface area (Å²) >= 11 is 0. The molecule has 5 rings (SSSR count). The third kappa shape index (κ3) is 5.74. The molecule has 0 unspecified atom stereocenters. The van der Waals surface area contributed by atoms with E-state index in [9.17, 15) is 4.79 Å². The van der Waals surface area contributed by atoms with Gasteiger partial charge in [-0.15, -0.1) is 17.5 Å². The number of carbonyl (C=O) groups excluding carboxylic acids is 1. The zero-order chi connectivity index (χ0) is 25.1. The summed E-state index contributed by atoms with van der Waals surface area (Å²) in [5.41, 5.74) is 3.82. The number of benzene rings is 2. The second kappa shape index (κ2) is 11.8. The Bertz CT molecular complexity index is 1170. The van der Waals surface area contributed by atoms with Crippen molar-refractivity contribution < 1.29 is 14.4 Å². The number of hydrogen-bond acceptors (Lipinski definition) is 5. The monoisotopic (exact) mass is 526 g/mol. The van der Waals surface area contributed by atoms with Crippen molar-refractivity contribution >= 4 is 29.4 Å². The van der Waals surface area contributed by atoms with Crippen LogP contribution in [-0.4, -0.2) is 61.4 Å². The number of amides is 1. The number of nitrogens with zero attached hydrogens (tertiary/aromatic N) is 2. The Morgan fingerprint density at radius 3 is 2.41 bits per heavy atom. The summed E-state index contributed by atoms with van der Waals surface area (Å²) in [5.74, 6) is 1.30. The summed E-state index contributed by atoms with van der Waals surface area (Å²) in [5, 5.41) is 6.16. The molecule has 0 spiro atoms. The van der Waals surface area contributed by atoms with Crippen molar-refractivity contribution in [1.29, 1.82) is 0 Å². The van der Waals surface area contributed by atoms with E-state index in [0.717, 1.165) is 62.9 Å². The molecule has 7 nitrogen and oxygen atoms in total. The van der Waals surface area contributed by atoms with Crippen LogP contribution in [0, 0.1) is 0 Å². The lowest BCUT2D eigenvalue weighted by molar-refractivity contribution is -0.115. The third-order valence-corrected chi connectivity index (χ3v) is 8.33. The van der Waals surface area contributed by atoms with Crippen molar-refractivity contribution in [3.05, 3.63) is 65.9 Å². The quantitative estimate of drug-likeness (QED) is 0.423. The Morgan fingerprint density at radius 2 is 1.76 bits per heavy atom. The molecule has 1 saturated heterocycles. The highest BCUT2D eigenvalue weighted by molar-refractivity contribution is 5.85. The predicted octanol–water partition coefficient (Wildman–Crippen LogP) is 5.82. The molecule has 2 aromatic carbocycles. The van der Waals surface area contributed by atoms with Crippen LogP contribution in [0.15, 0.2) is 54.7 Å². The van der Waals surface area contributed by atoms with Crippen molar-refractivity contribution in [1.82, 2.24) is 20.3 Å². The van der Waals surface area contributed by atoms with E-state index >= 15 is 0 Å². The van der Waals surface area contributed by atoms with E-state index in [2.05, 4.69) is 78.0 Å². The number of nitrogens with one attached hydrogen (secondary N) is 2. The largest absolute Gasteiger partial charge is 0.497 e. The second-order valence-electron chi connectivity index (χ2n) is 10.4. The second-order valence-corrected chi connectivity index (χ2v) is 10.4. The molecular weight excluding hydrogens is 488 g/mol. The molecule has 2 heterocycles. The molecule has 0 bridgehead atoms. The normalized spacial score (nSPS) is 23.0. The van der Waals surface area contributed by atoms with Gasteiger partial charge in [0.15, 0.2) is 0 Å². The van der Waals surface area contributed by atoms with Crippen LogP contribution in [0.2, 0.25) is 0 Å². The minimum Gasteiger partial charge on any atom is -0.497 e. The van der Waals surface area contributed by atoms with Gasteiger partial charge in [-0.25, -0.2) is 4.79 Å². The number of halogens is 1. The van der Waals surface area contributed by atoms with Gasteiger partial charge in [0, 0.05) is 41.8 Å². The summed E-state index contributed by atoms with van der Waals surface area (Å²) < 4.78 is 5.41. The standard InChI is InChI=1S/C29H38N4O3.ClH/c1-32(2)29(22-7-5-4-6-8-22)15-11-23(12-16-29)31-28(34)36-33-17-13-21(14-18-33)26-20-30-27-10-9-24(35-3)19-25(26)27;/h4-10,19-21,23,30H,11-18H2,1-3H3,(H,31,34);1H. The van der Waals surface area contributed by atoms with Crippen molar-refractivity contribution in [2.24, 2.45) is 0 Å². The number of ether oxygens (including phenoxy) is 1. The van der Waals surface area contributed by atoms with Gasteiger partial charge < -0.3 is 19.9 Å². The Balaban J connectivity index is 0.00000320. The molecule has 2 fully saturated rings. The average molecular weight is 527 g/mol. The van der Waals surface area contributed by atoms with Gasteiger partial charge in [0.1, 0.15) is 5.75 Å². The number of fused-ring (bicyclic) bond motifs is 1. The zero-order valence-electron chi connectivity index (χ0n) is 22.0. The van der Waals surface area contributed by atoms with Gasteiger partial charge in [-0.05, 0) is 87.9 Å². The number of aromatic nitrogens is 1. The number of piperidine rings is 1. The van der Waals surface area contributed by atoms with Gasteiger partial charge in [0.2, 0.25) is 0 Å². The van der Waals surface area contributed by atoms with Crippen molar-refractivity contribution in [3.8, 4) is 5.75 Å². The molecule has 2 aliphatic rings. The lowest BCUT2D eigenvalue weighted by Gasteiger charge is -2.45. The molecule has 1 aromatic heterocycles. The highest BCUT2D eigenvalue weighted by atomic mass is 35.5. The predicted molar refractivity (Wildman–Crippen MR) is 149 cm³/mol. The smallest absolute Gasteiger partial charge is 0.426 e. The third-order valence-electron chi connectivity index (χ3n) is 8.33. The van der Waals surface area contributed by atoms with E-state index in [1.165, 1.54) is 16.5 Å². The first kappa shape index (κ1) is 27.3. The fraction of sp³-hybridized carbons (Fsp3) is 0.483. The van der Waals surface area contributed by atoms with Gasteiger partial charge in [-0.3, -0.25) is 4.90 Å². The van der Waals surface area contributed by atoms with Crippen LogP contribution in [0.3, 0.4) is 0 Å². The van der Waals surface area contributed by atoms with Crippen LogP contribution in [0.1, 0.15) is 55.6 Å².